The molecular formula is C20H21NO6S. The van der Waals surface area contributed by atoms with E-state index in [-0.39, 0.29) is 39.5 Å². The topological polar surface area (TPSA) is 113 Å². The highest BCUT2D eigenvalue weighted by Crippen LogP contribution is 2.57. The molecule has 0 saturated heterocycles. The van der Waals surface area contributed by atoms with Crippen molar-refractivity contribution >= 4 is 30.0 Å². The number of ketones is 3. The van der Waals surface area contributed by atoms with Gasteiger partial charge in [-0.25, -0.2) is 0 Å². The lowest BCUT2D eigenvalue weighted by Crippen LogP contribution is -2.41. The number of phenolic OH excluding ortho intramolecular Hbond substituents is 2. The molecule has 148 valence electrons. The van der Waals surface area contributed by atoms with Crippen LogP contribution >= 0.6 is 12.6 Å². The van der Waals surface area contributed by atoms with E-state index in [0.29, 0.717) is 18.0 Å². The Morgan fingerprint density at radius 2 is 1.89 bits per heavy atom. The zero-order valence-corrected chi connectivity index (χ0v) is 16.9. The summed E-state index contributed by atoms with van der Waals surface area (Å²) in [6.07, 6.45) is 1.19. The number of allylic oxidation sites excluding steroid dienone is 4. The van der Waals surface area contributed by atoms with Gasteiger partial charge in [-0.3, -0.25) is 14.4 Å². The van der Waals surface area contributed by atoms with Gasteiger partial charge in [0.05, 0.1) is 11.1 Å². The Hall–Kier alpha value is -2.74. The third kappa shape index (κ3) is 2.55. The Morgan fingerprint density at radius 1 is 1.25 bits per heavy atom. The average molecular weight is 403 g/mol. The standard InChI is InChI=1S/C20H21NO6S/c1-8-16(24)14(10(3)22)18-15(17(8)25)20(4)12(27-18)7-11(23)13(19(20)26)9(2)21-5-6-28/h7,21,24-25,28H,5-6H2,1-4H3/b13-9+/t20-/m1/s1. The van der Waals surface area contributed by atoms with E-state index in [4.69, 9.17) is 4.74 Å². The Morgan fingerprint density at radius 3 is 2.46 bits per heavy atom. The van der Waals surface area contributed by atoms with Crippen LogP contribution in [-0.4, -0.2) is 39.9 Å². The SMILES string of the molecule is CC(=O)c1c(O)c(C)c(O)c2c1OC1=CC(=O)/C(=C(/C)NCCS)C(=O)[C@]12C. The second kappa shape index (κ2) is 6.70. The highest BCUT2D eigenvalue weighted by molar-refractivity contribution is 7.80. The summed E-state index contributed by atoms with van der Waals surface area (Å²) in [5, 5.41) is 24.0. The lowest BCUT2D eigenvalue weighted by molar-refractivity contribution is -0.123. The molecule has 0 amide bonds. The molecule has 1 aliphatic heterocycles. The van der Waals surface area contributed by atoms with Gasteiger partial charge in [-0.2, -0.15) is 12.6 Å². The van der Waals surface area contributed by atoms with E-state index in [9.17, 15) is 24.6 Å². The van der Waals surface area contributed by atoms with Crippen LogP contribution in [0, 0.1) is 6.92 Å². The lowest BCUT2D eigenvalue weighted by Gasteiger charge is -2.29. The maximum Gasteiger partial charge on any atom is 0.194 e. The van der Waals surface area contributed by atoms with Gasteiger partial charge in [0, 0.05) is 29.6 Å². The quantitative estimate of drug-likeness (QED) is 0.263. The number of carbonyl (C=O) groups is 3. The predicted molar refractivity (Wildman–Crippen MR) is 105 cm³/mol. The maximum atomic E-state index is 13.4. The van der Waals surface area contributed by atoms with Crippen molar-refractivity contribution in [1.82, 2.24) is 5.32 Å². The molecule has 0 aromatic heterocycles. The molecule has 28 heavy (non-hydrogen) atoms. The van der Waals surface area contributed by atoms with Crippen LogP contribution in [-0.2, 0) is 15.0 Å². The highest BCUT2D eigenvalue weighted by Gasteiger charge is 2.56. The van der Waals surface area contributed by atoms with Crippen LogP contribution in [0.25, 0.3) is 0 Å². The summed E-state index contributed by atoms with van der Waals surface area (Å²) >= 11 is 4.11. The van der Waals surface area contributed by atoms with Crippen molar-refractivity contribution < 1.29 is 29.3 Å². The fourth-order valence-electron chi connectivity index (χ4n) is 3.69. The van der Waals surface area contributed by atoms with Crippen LogP contribution in [0.4, 0.5) is 0 Å². The molecule has 1 aromatic rings. The summed E-state index contributed by atoms with van der Waals surface area (Å²) < 4.78 is 5.70. The Bertz CT molecular complexity index is 1010. The number of hydrogen-bond donors (Lipinski definition) is 4. The predicted octanol–water partition coefficient (Wildman–Crippen LogP) is 2.09. The fourth-order valence-corrected chi connectivity index (χ4v) is 3.81. The Balaban J connectivity index is 2.32. The largest absolute Gasteiger partial charge is 0.507 e. The molecule has 7 nitrogen and oxygen atoms in total. The second-order valence-corrected chi connectivity index (χ2v) is 7.48. The number of benzene rings is 1. The van der Waals surface area contributed by atoms with Crippen LogP contribution in [0.15, 0.2) is 23.1 Å². The molecule has 0 unspecified atom stereocenters. The van der Waals surface area contributed by atoms with E-state index in [1.807, 2.05) is 0 Å². The zero-order valence-electron chi connectivity index (χ0n) is 16.0. The molecule has 0 radical (unpaired) electrons. The molecule has 1 atom stereocenters. The van der Waals surface area contributed by atoms with Gasteiger partial charge in [0.25, 0.3) is 0 Å². The third-order valence-corrected chi connectivity index (χ3v) is 5.49. The molecule has 0 saturated carbocycles. The minimum atomic E-state index is -1.49. The van der Waals surface area contributed by atoms with Crippen molar-refractivity contribution in [2.45, 2.75) is 33.1 Å². The smallest absolute Gasteiger partial charge is 0.194 e. The summed E-state index contributed by atoms with van der Waals surface area (Å²) in [6, 6.07) is 0. The number of Topliss-reactive ketones (excluding diaryl/α,β-unsaturated/α-hetero) is 2. The first-order valence-electron chi connectivity index (χ1n) is 8.71. The van der Waals surface area contributed by atoms with Gasteiger partial charge in [0.2, 0.25) is 0 Å². The number of phenols is 2. The minimum Gasteiger partial charge on any atom is -0.507 e. The van der Waals surface area contributed by atoms with E-state index in [1.54, 1.807) is 6.92 Å². The number of rotatable bonds is 4. The zero-order chi connectivity index (χ0) is 21.0. The van der Waals surface area contributed by atoms with Gasteiger partial charge in [-0.1, -0.05) is 0 Å². The van der Waals surface area contributed by atoms with Gasteiger partial charge in [-0.05, 0) is 27.7 Å². The summed E-state index contributed by atoms with van der Waals surface area (Å²) in [7, 11) is 0. The van der Waals surface area contributed by atoms with Crippen LogP contribution in [0.2, 0.25) is 0 Å². The molecular weight excluding hydrogens is 382 g/mol. The Kier molecular flexibility index (Phi) is 4.79. The summed E-state index contributed by atoms with van der Waals surface area (Å²) in [6.45, 7) is 6.31. The first-order valence-corrected chi connectivity index (χ1v) is 9.35. The van der Waals surface area contributed by atoms with E-state index in [0.717, 1.165) is 0 Å². The second-order valence-electron chi connectivity index (χ2n) is 7.04. The molecule has 2 aliphatic rings. The molecule has 1 aromatic carbocycles. The van der Waals surface area contributed by atoms with Crippen molar-refractivity contribution in [3.63, 3.8) is 0 Å². The highest BCUT2D eigenvalue weighted by atomic mass is 32.1. The van der Waals surface area contributed by atoms with Gasteiger partial charge in [0.1, 0.15) is 34.0 Å². The van der Waals surface area contributed by atoms with E-state index in [2.05, 4.69) is 17.9 Å². The number of ether oxygens (including phenoxy) is 1. The molecule has 0 bridgehead atoms. The number of carbonyl (C=O) groups excluding carboxylic acids is 3. The number of nitrogens with one attached hydrogen (secondary N) is 1. The van der Waals surface area contributed by atoms with Crippen LogP contribution in [0.5, 0.6) is 17.2 Å². The normalized spacial score (nSPS) is 22.2. The van der Waals surface area contributed by atoms with Gasteiger partial charge in [0.15, 0.2) is 17.3 Å². The fraction of sp³-hybridized carbons (Fsp3) is 0.350. The first kappa shape index (κ1) is 20.0. The van der Waals surface area contributed by atoms with Crippen molar-refractivity contribution in [2.24, 2.45) is 0 Å². The average Bonchev–Trinajstić information content (AvgIpc) is 2.91. The third-order valence-electron chi connectivity index (χ3n) is 5.26. The summed E-state index contributed by atoms with van der Waals surface area (Å²) in [5.41, 5.74) is -1.12. The van der Waals surface area contributed by atoms with E-state index >= 15 is 0 Å². The number of aromatic hydroxyl groups is 2. The first-order chi connectivity index (χ1) is 13.1. The van der Waals surface area contributed by atoms with E-state index in [1.165, 1.54) is 26.8 Å². The van der Waals surface area contributed by atoms with Gasteiger partial charge >= 0.3 is 0 Å². The van der Waals surface area contributed by atoms with Crippen LogP contribution in [0.1, 0.15) is 42.3 Å². The monoisotopic (exact) mass is 403 g/mol. The minimum absolute atomic E-state index is 0.0195. The summed E-state index contributed by atoms with van der Waals surface area (Å²) in [4.78, 5) is 38.1. The van der Waals surface area contributed by atoms with Crippen LogP contribution < -0.4 is 10.1 Å². The Labute approximate surface area is 167 Å². The molecule has 0 spiro atoms. The summed E-state index contributed by atoms with van der Waals surface area (Å²) in [5.74, 6) is -1.87. The van der Waals surface area contributed by atoms with Gasteiger partial charge in [-0.15, -0.1) is 0 Å². The number of fused-ring (bicyclic) bond motifs is 3. The maximum absolute atomic E-state index is 13.4. The molecule has 3 N–H and O–H groups in total. The molecule has 8 heteroatoms. The molecule has 1 aliphatic carbocycles. The van der Waals surface area contributed by atoms with Crippen LogP contribution in [0.3, 0.4) is 0 Å². The van der Waals surface area contributed by atoms with Gasteiger partial charge < -0.3 is 20.3 Å². The lowest BCUT2D eigenvalue weighted by atomic mass is 9.70. The number of thiol groups is 1. The van der Waals surface area contributed by atoms with E-state index < -0.39 is 28.5 Å². The molecule has 0 fully saturated rings. The van der Waals surface area contributed by atoms with Crippen molar-refractivity contribution in [3.05, 3.63) is 39.8 Å². The van der Waals surface area contributed by atoms with Crippen molar-refractivity contribution in [1.29, 1.82) is 0 Å². The molecule has 3 rings (SSSR count). The number of hydrogen-bond acceptors (Lipinski definition) is 8. The molecule has 1 heterocycles. The van der Waals surface area contributed by atoms with Crippen molar-refractivity contribution in [2.75, 3.05) is 12.3 Å². The van der Waals surface area contributed by atoms with Crippen molar-refractivity contribution in [3.8, 4) is 17.2 Å².